The minimum Gasteiger partial charge on any atom is -0.360 e. The zero-order valence-electron chi connectivity index (χ0n) is 14.5. The molecule has 0 saturated heterocycles. The van der Waals surface area contributed by atoms with Gasteiger partial charge in [-0.3, -0.25) is 4.79 Å². The van der Waals surface area contributed by atoms with E-state index in [1.54, 1.807) is 19.1 Å². The molecule has 1 aromatic carbocycles. The summed E-state index contributed by atoms with van der Waals surface area (Å²) in [4.78, 5) is 21.0. The Morgan fingerprint density at radius 3 is 2.32 bits per heavy atom. The molecule has 0 aliphatic carbocycles. The van der Waals surface area contributed by atoms with Crippen LogP contribution in [-0.2, 0) is 0 Å². The number of benzene rings is 1. The number of hydrogen-bond donors (Lipinski definition) is 2. The predicted molar refractivity (Wildman–Crippen MR) is 95.2 cm³/mol. The lowest BCUT2D eigenvalue weighted by Gasteiger charge is -2.09. The standard InChI is InChI=1S/C18H19N5O2/c1-10-5-11(2)7-14(6-10)20-18-19-12(3)8-15(21-18)17(24)22-16-9-13(4)25-23-16/h5-9H,1-4H3,(H,19,20,21)(H,22,23,24). The van der Waals surface area contributed by atoms with E-state index in [9.17, 15) is 4.79 Å². The summed E-state index contributed by atoms with van der Waals surface area (Å²) in [6, 6.07) is 9.34. The zero-order chi connectivity index (χ0) is 18.0. The number of hydrogen-bond acceptors (Lipinski definition) is 6. The fourth-order valence-corrected chi connectivity index (χ4v) is 2.52. The normalized spacial score (nSPS) is 10.6. The van der Waals surface area contributed by atoms with E-state index in [0.29, 0.717) is 23.2 Å². The molecule has 3 aromatic rings. The highest BCUT2D eigenvalue weighted by molar-refractivity contribution is 6.02. The highest BCUT2D eigenvalue weighted by Crippen LogP contribution is 2.18. The van der Waals surface area contributed by atoms with Gasteiger partial charge in [-0.15, -0.1) is 0 Å². The Labute approximate surface area is 145 Å². The molecule has 7 heteroatoms. The lowest BCUT2D eigenvalue weighted by molar-refractivity contribution is 0.102. The first-order chi connectivity index (χ1) is 11.9. The summed E-state index contributed by atoms with van der Waals surface area (Å²) < 4.78 is 4.94. The summed E-state index contributed by atoms with van der Waals surface area (Å²) in [5.74, 6) is 0.961. The quantitative estimate of drug-likeness (QED) is 0.754. The van der Waals surface area contributed by atoms with E-state index >= 15 is 0 Å². The number of amides is 1. The Hall–Kier alpha value is -3.22. The van der Waals surface area contributed by atoms with Crippen LogP contribution < -0.4 is 10.6 Å². The van der Waals surface area contributed by atoms with Crippen molar-refractivity contribution in [3.63, 3.8) is 0 Å². The van der Waals surface area contributed by atoms with Gasteiger partial charge in [0.15, 0.2) is 5.82 Å². The van der Waals surface area contributed by atoms with E-state index in [-0.39, 0.29) is 11.6 Å². The maximum atomic E-state index is 12.4. The van der Waals surface area contributed by atoms with Gasteiger partial charge in [0.25, 0.3) is 5.91 Å². The van der Waals surface area contributed by atoms with E-state index in [1.807, 2.05) is 32.9 Å². The Morgan fingerprint density at radius 1 is 0.960 bits per heavy atom. The zero-order valence-corrected chi connectivity index (χ0v) is 14.5. The van der Waals surface area contributed by atoms with Gasteiger partial charge in [-0.25, -0.2) is 9.97 Å². The average Bonchev–Trinajstić information content (AvgIpc) is 2.90. The van der Waals surface area contributed by atoms with E-state index < -0.39 is 0 Å². The van der Waals surface area contributed by atoms with Crippen molar-refractivity contribution in [1.29, 1.82) is 0 Å². The highest BCUT2D eigenvalue weighted by atomic mass is 16.5. The molecule has 0 atom stereocenters. The topological polar surface area (TPSA) is 92.9 Å². The minimum atomic E-state index is -0.373. The fourth-order valence-electron chi connectivity index (χ4n) is 2.52. The molecule has 128 valence electrons. The molecule has 0 bridgehead atoms. The minimum absolute atomic E-state index is 0.250. The number of aryl methyl sites for hydroxylation is 4. The van der Waals surface area contributed by atoms with E-state index in [4.69, 9.17) is 4.52 Å². The van der Waals surface area contributed by atoms with Crippen molar-refractivity contribution >= 4 is 23.4 Å². The third kappa shape index (κ3) is 4.20. The second-order valence-electron chi connectivity index (χ2n) is 6.00. The molecule has 3 rings (SSSR count). The van der Waals surface area contributed by atoms with Gasteiger partial charge in [0.1, 0.15) is 11.5 Å². The number of nitrogens with one attached hydrogen (secondary N) is 2. The number of anilines is 3. The van der Waals surface area contributed by atoms with Crippen LogP contribution in [0.25, 0.3) is 0 Å². The maximum Gasteiger partial charge on any atom is 0.275 e. The van der Waals surface area contributed by atoms with Gasteiger partial charge < -0.3 is 15.2 Å². The number of carbonyl (C=O) groups is 1. The van der Waals surface area contributed by atoms with Gasteiger partial charge in [-0.1, -0.05) is 11.2 Å². The van der Waals surface area contributed by atoms with Gasteiger partial charge in [0.2, 0.25) is 5.95 Å². The van der Waals surface area contributed by atoms with Gasteiger partial charge in [-0.05, 0) is 57.0 Å². The maximum absolute atomic E-state index is 12.4. The monoisotopic (exact) mass is 337 g/mol. The molecule has 0 saturated carbocycles. The molecule has 0 fully saturated rings. The molecule has 1 amide bonds. The molecule has 2 N–H and O–H groups in total. The van der Waals surface area contributed by atoms with Crippen molar-refractivity contribution in [2.24, 2.45) is 0 Å². The SMILES string of the molecule is Cc1cc(C)cc(Nc2nc(C)cc(C(=O)Nc3cc(C)on3)n2)c1. The Morgan fingerprint density at radius 2 is 1.68 bits per heavy atom. The molecule has 0 unspecified atom stereocenters. The Bertz CT molecular complexity index is 913. The Kier molecular flexibility index (Phi) is 4.47. The summed E-state index contributed by atoms with van der Waals surface area (Å²) in [5, 5.41) is 9.55. The molecular formula is C18H19N5O2. The summed E-state index contributed by atoms with van der Waals surface area (Å²) in [6.07, 6.45) is 0. The highest BCUT2D eigenvalue weighted by Gasteiger charge is 2.13. The summed E-state index contributed by atoms with van der Waals surface area (Å²) >= 11 is 0. The third-order valence-corrected chi connectivity index (χ3v) is 3.43. The third-order valence-electron chi connectivity index (χ3n) is 3.43. The second kappa shape index (κ2) is 6.72. The molecule has 0 aliphatic rings. The van der Waals surface area contributed by atoms with Crippen LogP contribution in [0.5, 0.6) is 0 Å². The predicted octanol–water partition coefficient (Wildman–Crippen LogP) is 3.69. The summed E-state index contributed by atoms with van der Waals surface area (Å²) in [5.41, 5.74) is 4.08. The number of nitrogens with zero attached hydrogens (tertiary/aromatic N) is 3. The van der Waals surface area contributed by atoms with Gasteiger partial charge >= 0.3 is 0 Å². The van der Waals surface area contributed by atoms with Crippen molar-refractivity contribution in [2.75, 3.05) is 10.6 Å². The first-order valence-corrected chi connectivity index (χ1v) is 7.85. The molecule has 0 radical (unpaired) electrons. The van der Waals surface area contributed by atoms with Crippen molar-refractivity contribution in [1.82, 2.24) is 15.1 Å². The van der Waals surface area contributed by atoms with E-state index in [1.165, 1.54) is 0 Å². The van der Waals surface area contributed by atoms with Crippen LogP contribution in [-0.4, -0.2) is 21.0 Å². The average molecular weight is 337 g/mol. The van der Waals surface area contributed by atoms with Crippen molar-refractivity contribution in [2.45, 2.75) is 27.7 Å². The fraction of sp³-hybridized carbons (Fsp3) is 0.222. The second-order valence-corrected chi connectivity index (χ2v) is 6.00. The Balaban J connectivity index is 1.83. The lowest BCUT2D eigenvalue weighted by Crippen LogP contribution is -2.15. The van der Waals surface area contributed by atoms with Crippen LogP contribution in [0.4, 0.5) is 17.5 Å². The summed E-state index contributed by atoms with van der Waals surface area (Å²) in [6.45, 7) is 7.61. The first kappa shape index (κ1) is 16.6. The van der Waals surface area contributed by atoms with Crippen LogP contribution in [0.15, 0.2) is 34.9 Å². The summed E-state index contributed by atoms with van der Waals surface area (Å²) in [7, 11) is 0. The molecule has 0 aliphatic heterocycles. The van der Waals surface area contributed by atoms with Crippen molar-refractivity contribution in [3.05, 3.63) is 58.6 Å². The van der Waals surface area contributed by atoms with Crippen LogP contribution in [0.3, 0.4) is 0 Å². The van der Waals surface area contributed by atoms with Crippen molar-refractivity contribution < 1.29 is 9.32 Å². The largest absolute Gasteiger partial charge is 0.360 e. The van der Waals surface area contributed by atoms with Crippen LogP contribution in [0.2, 0.25) is 0 Å². The molecule has 2 aromatic heterocycles. The van der Waals surface area contributed by atoms with Crippen LogP contribution in [0, 0.1) is 27.7 Å². The molecule has 7 nitrogen and oxygen atoms in total. The van der Waals surface area contributed by atoms with Gasteiger partial charge in [-0.2, -0.15) is 0 Å². The number of aromatic nitrogens is 3. The smallest absolute Gasteiger partial charge is 0.275 e. The molecular weight excluding hydrogens is 318 g/mol. The van der Waals surface area contributed by atoms with Crippen LogP contribution in [0.1, 0.15) is 33.1 Å². The van der Waals surface area contributed by atoms with Gasteiger partial charge in [0, 0.05) is 17.4 Å². The van der Waals surface area contributed by atoms with Gasteiger partial charge in [0.05, 0.1) is 0 Å². The van der Waals surface area contributed by atoms with E-state index in [2.05, 4.69) is 31.8 Å². The van der Waals surface area contributed by atoms with Crippen LogP contribution >= 0.6 is 0 Å². The molecule has 0 spiro atoms. The first-order valence-electron chi connectivity index (χ1n) is 7.85. The number of rotatable bonds is 4. The van der Waals surface area contributed by atoms with Crippen molar-refractivity contribution in [3.8, 4) is 0 Å². The van der Waals surface area contributed by atoms with E-state index in [0.717, 1.165) is 16.8 Å². The lowest BCUT2D eigenvalue weighted by atomic mass is 10.1. The number of carbonyl (C=O) groups excluding carboxylic acids is 1. The molecule has 25 heavy (non-hydrogen) atoms. The molecule has 2 heterocycles.